The lowest BCUT2D eigenvalue weighted by Crippen LogP contribution is -2.27. The van der Waals surface area contributed by atoms with E-state index < -0.39 is 5.97 Å². The van der Waals surface area contributed by atoms with Gasteiger partial charge in [-0.3, -0.25) is 0 Å². The van der Waals surface area contributed by atoms with Crippen LogP contribution in [0.2, 0.25) is 0 Å². The Balaban J connectivity index is 1.83. The highest BCUT2D eigenvalue weighted by molar-refractivity contribution is 5.87. The van der Waals surface area contributed by atoms with Gasteiger partial charge in [-0.25, -0.2) is 4.79 Å². The molecule has 0 amide bonds. The average molecular weight is 333 g/mol. The molecule has 0 bridgehead atoms. The van der Waals surface area contributed by atoms with Gasteiger partial charge in [-0.05, 0) is 68.6 Å². The molecule has 0 radical (unpaired) electrons. The number of carboxylic acids is 1. The zero-order valence-corrected chi connectivity index (χ0v) is 15.7. The maximum Gasteiger partial charge on any atom is 0.331 e. The molecule has 0 aromatic heterocycles. The number of allylic oxidation sites excluding steroid dienone is 3. The molecule has 2 fully saturated rings. The summed E-state index contributed by atoms with van der Waals surface area (Å²) < 4.78 is 0. The molecule has 0 aliphatic heterocycles. The summed E-state index contributed by atoms with van der Waals surface area (Å²) in [6, 6.07) is 0. The minimum absolute atomic E-state index is 0.261. The van der Waals surface area contributed by atoms with Crippen molar-refractivity contribution in [3.8, 4) is 0 Å². The van der Waals surface area contributed by atoms with E-state index >= 15 is 0 Å². The molecule has 0 aromatic rings. The molecule has 24 heavy (non-hydrogen) atoms. The van der Waals surface area contributed by atoms with Crippen molar-refractivity contribution in [3.05, 3.63) is 23.8 Å². The second kappa shape index (κ2) is 10.1. The summed E-state index contributed by atoms with van der Waals surface area (Å²) in [6.07, 6.45) is 19.8. The highest BCUT2D eigenvalue weighted by Crippen LogP contribution is 2.43. The molecule has 2 aliphatic carbocycles. The Bertz CT molecular complexity index is 433. The van der Waals surface area contributed by atoms with E-state index in [9.17, 15) is 9.90 Å². The third kappa shape index (κ3) is 5.50. The Morgan fingerprint density at radius 1 is 0.958 bits per heavy atom. The summed E-state index contributed by atoms with van der Waals surface area (Å²) in [6.45, 7) is 4.38. The topological polar surface area (TPSA) is 37.3 Å². The minimum Gasteiger partial charge on any atom is -0.478 e. The highest BCUT2D eigenvalue weighted by atomic mass is 16.4. The van der Waals surface area contributed by atoms with E-state index in [2.05, 4.69) is 13.8 Å². The average Bonchev–Trinajstić information content (AvgIpc) is 2.60. The fourth-order valence-corrected chi connectivity index (χ4v) is 4.95. The quantitative estimate of drug-likeness (QED) is 0.434. The van der Waals surface area contributed by atoms with Crippen LogP contribution in [-0.2, 0) is 4.79 Å². The Kier molecular flexibility index (Phi) is 8.08. The summed E-state index contributed by atoms with van der Waals surface area (Å²) in [7, 11) is 0. The molecular formula is C22H36O2. The Morgan fingerprint density at radius 2 is 1.54 bits per heavy atom. The largest absolute Gasteiger partial charge is 0.478 e. The summed E-state index contributed by atoms with van der Waals surface area (Å²) >= 11 is 0. The molecule has 2 aliphatic rings. The second-order valence-corrected chi connectivity index (χ2v) is 7.94. The Morgan fingerprint density at radius 3 is 2.04 bits per heavy atom. The van der Waals surface area contributed by atoms with Crippen LogP contribution in [0.25, 0.3) is 0 Å². The first kappa shape index (κ1) is 19.3. The van der Waals surface area contributed by atoms with Crippen molar-refractivity contribution in [2.24, 2.45) is 23.7 Å². The number of aliphatic carboxylic acids is 1. The molecule has 2 nitrogen and oxygen atoms in total. The van der Waals surface area contributed by atoms with Crippen molar-refractivity contribution in [2.75, 3.05) is 0 Å². The van der Waals surface area contributed by atoms with Crippen molar-refractivity contribution in [1.29, 1.82) is 0 Å². The van der Waals surface area contributed by atoms with Crippen molar-refractivity contribution in [1.82, 2.24) is 0 Å². The number of carboxylic acid groups (broad SMARTS) is 1. The first-order valence-electron chi connectivity index (χ1n) is 10.3. The van der Waals surface area contributed by atoms with Crippen LogP contribution in [0.15, 0.2) is 23.8 Å². The van der Waals surface area contributed by atoms with Crippen LogP contribution in [0.5, 0.6) is 0 Å². The second-order valence-electron chi connectivity index (χ2n) is 7.94. The van der Waals surface area contributed by atoms with E-state index in [1.54, 1.807) is 0 Å². The van der Waals surface area contributed by atoms with Gasteiger partial charge in [0.05, 0.1) is 0 Å². The third-order valence-corrected chi connectivity index (χ3v) is 6.36. The van der Waals surface area contributed by atoms with Crippen LogP contribution in [-0.4, -0.2) is 11.1 Å². The molecular weight excluding hydrogens is 296 g/mol. The molecule has 1 N–H and O–H groups in total. The van der Waals surface area contributed by atoms with Gasteiger partial charge in [0, 0.05) is 5.57 Å². The maximum atomic E-state index is 11.6. The van der Waals surface area contributed by atoms with Gasteiger partial charge in [0.25, 0.3) is 0 Å². The standard InChI is InChI=1S/C22H36O2/c1-3-5-6-8-21(22(23)24)20-15-13-19(14-16-20)18-11-9-17(7-4-2)10-12-18/h5-6,8,17-20H,3-4,7,9-16H2,1-2H3,(H,23,24). The van der Waals surface area contributed by atoms with Gasteiger partial charge in [-0.15, -0.1) is 0 Å². The molecule has 136 valence electrons. The number of hydrogen-bond donors (Lipinski definition) is 1. The van der Waals surface area contributed by atoms with E-state index in [1.807, 2.05) is 18.2 Å². The first-order chi connectivity index (χ1) is 11.7. The molecule has 0 spiro atoms. The van der Waals surface area contributed by atoms with Gasteiger partial charge < -0.3 is 5.11 Å². The molecule has 0 saturated heterocycles. The van der Waals surface area contributed by atoms with E-state index in [0.717, 1.165) is 37.0 Å². The SMILES string of the molecule is CCC=CC=C(C(=O)O)C1CCC(C2CCC(CCC)CC2)CC1. The van der Waals surface area contributed by atoms with Crippen molar-refractivity contribution in [2.45, 2.75) is 84.5 Å². The lowest BCUT2D eigenvalue weighted by molar-refractivity contribution is -0.133. The van der Waals surface area contributed by atoms with Gasteiger partial charge in [0.1, 0.15) is 0 Å². The summed E-state index contributed by atoms with van der Waals surface area (Å²) in [4.78, 5) is 11.6. The molecule has 0 heterocycles. The zero-order chi connectivity index (χ0) is 17.4. The Hall–Kier alpha value is -1.05. The predicted molar refractivity (Wildman–Crippen MR) is 101 cm³/mol. The van der Waals surface area contributed by atoms with Crippen LogP contribution in [0.1, 0.15) is 84.5 Å². The smallest absolute Gasteiger partial charge is 0.331 e. The number of hydrogen-bond acceptors (Lipinski definition) is 1. The fourth-order valence-electron chi connectivity index (χ4n) is 4.95. The number of carbonyl (C=O) groups is 1. The van der Waals surface area contributed by atoms with Crippen LogP contribution in [0.3, 0.4) is 0 Å². The lowest BCUT2D eigenvalue weighted by Gasteiger charge is -2.38. The third-order valence-electron chi connectivity index (χ3n) is 6.36. The van der Waals surface area contributed by atoms with Gasteiger partial charge in [-0.1, -0.05) is 57.8 Å². The zero-order valence-electron chi connectivity index (χ0n) is 15.7. The normalized spacial score (nSPS) is 32.2. The first-order valence-corrected chi connectivity index (χ1v) is 10.3. The molecule has 0 aromatic carbocycles. The molecule has 2 saturated carbocycles. The fraction of sp³-hybridized carbons (Fsp3) is 0.773. The van der Waals surface area contributed by atoms with E-state index in [1.165, 1.54) is 51.4 Å². The molecule has 2 heteroatoms. The highest BCUT2D eigenvalue weighted by Gasteiger charge is 2.32. The van der Waals surface area contributed by atoms with Crippen LogP contribution in [0.4, 0.5) is 0 Å². The molecule has 0 atom stereocenters. The van der Waals surface area contributed by atoms with E-state index in [0.29, 0.717) is 5.57 Å². The van der Waals surface area contributed by atoms with E-state index in [-0.39, 0.29) is 5.92 Å². The van der Waals surface area contributed by atoms with Gasteiger partial charge >= 0.3 is 5.97 Å². The molecule has 0 unspecified atom stereocenters. The van der Waals surface area contributed by atoms with Gasteiger partial charge in [0.15, 0.2) is 0 Å². The van der Waals surface area contributed by atoms with Crippen LogP contribution >= 0.6 is 0 Å². The Labute approximate surface area is 148 Å². The van der Waals surface area contributed by atoms with Crippen LogP contribution in [0, 0.1) is 23.7 Å². The van der Waals surface area contributed by atoms with Crippen molar-refractivity contribution < 1.29 is 9.90 Å². The number of rotatable bonds is 7. The predicted octanol–water partition coefficient (Wildman–Crippen LogP) is 6.38. The van der Waals surface area contributed by atoms with Gasteiger partial charge in [-0.2, -0.15) is 0 Å². The van der Waals surface area contributed by atoms with Crippen molar-refractivity contribution >= 4 is 5.97 Å². The maximum absolute atomic E-state index is 11.6. The van der Waals surface area contributed by atoms with Crippen LogP contribution < -0.4 is 0 Å². The monoisotopic (exact) mass is 332 g/mol. The van der Waals surface area contributed by atoms with Crippen molar-refractivity contribution in [3.63, 3.8) is 0 Å². The summed E-state index contributed by atoms with van der Waals surface area (Å²) in [5.74, 6) is 2.28. The minimum atomic E-state index is -0.723. The molecule has 2 rings (SSSR count). The summed E-state index contributed by atoms with van der Waals surface area (Å²) in [5, 5.41) is 9.52. The van der Waals surface area contributed by atoms with E-state index in [4.69, 9.17) is 0 Å². The lowest BCUT2D eigenvalue weighted by atomic mass is 9.68. The van der Waals surface area contributed by atoms with Gasteiger partial charge in [0.2, 0.25) is 0 Å². The summed E-state index contributed by atoms with van der Waals surface area (Å²) in [5.41, 5.74) is 0.629.